The van der Waals surface area contributed by atoms with Crippen LogP contribution in [0.25, 0.3) is 11.3 Å². The fraction of sp³-hybridized carbons (Fsp3) is 0.478. The summed E-state index contributed by atoms with van der Waals surface area (Å²) in [5.74, 6) is -6.71. The number of aromatic nitrogens is 2. The Morgan fingerprint density at radius 3 is 2.10 bits per heavy atom. The number of aliphatic carboxylic acids is 1. The van der Waals surface area contributed by atoms with E-state index >= 15 is 4.39 Å². The highest BCUT2D eigenvalue weighted by molar-refractivity contribution is 6.12. The summed E-state index contributed by atoms with van der Waals surface area (Å²) in [4.78, 5) is 92.4. The van der Waals surface area contributed by atoms with Crippen molar-refractivity contribution >= 4 is 47.1 Å². The maximum atomic E-state index is 15.1. The summed E-state index contributed by atoms with van der Waals surface area (Å²) in [5.41, 5.74) is 6.27. The van der Waals surface area contributed by atoms with Crippen LogP contribution in [0, 0.1) is 23.0 Å². The Labute approximate surface area is 390 Å². The van der Waals surface area contributed by atoms with E-state index in [1.165, 1.54) is 24.0 Å². The number of aliphatic hydroxyl groups excluding tert-OH is 1. The fourth-order valence-corrected chi connectivity index (χ4v) is 7.07. The van der Waals surface area contributed by atoms with Gasteiger partial charge < -0.3 is 41.4 Å². The van der Waals surface area contributed by atoms with Crippen LogP contribution < -0.4 is 21.7 Å². The molecule has 6 amide bonds. The van der Waals surface area contributed by atoms with E-state index < -0.39 is 71.6 Å². The number of amides is 6. The Kier molecular flexibility index (Phi) is 20.5. The number of carbonyl (C=O) groups is 7. The minimum absolute atomic E-state index is 0.0771. The van der Waals surface area contributed by atoms with Gasteiger partial charge in [-0.05, 0) is 80.0 Å². The summed E-state index contributed by atoms with van der Waals surface area (Å²) in [6.45, 7) is 10.9. The number of benzene rings is 2. The largest absolute Gasteiger partial charge is 0.490 e. The van der Waals surface area contributed by atoms with Crippen LogP contribution in [0.2, 0.25) is 0 Å². The van der Waals surface area contributed by atoms with Crippen molar-refractivity contribution in [2.75, 3.05) is 31.6 Å². The van der Waals surface area contributed by atoms with Gasteiger partial charge >= 0.3 is 12.1 Å². The van der Waals surface area contributed by atoms with Gasteiger partial charge in [-0.15, -0.1) is 0 Å². The van der Waals surface area contributed by atoms with Gasteiger partial charge in [0, 0.05) is 55.7 Å². The minimum Gasteiger partial charge on any atom is -0.475 e. The smallest absolute Gasteiger partial charge is 0.475 e. The zero-order valence-electron chi connectivity index (χ0n) is 38.7. The van der Waals surface area contributed by atoms with Crippen LogP contribution in [0.3, 0.4) is 0 Å². The van der Waals surface area contributed by atoms with E-state index in [1.54, 1.807) is 48.9 Å². The van der Waals surface area contributed by atoms with E-state index in [0.29, 0.717) is 42.8 Å². The molecule has 22 heteroatoms. The summed E-state index contributed by atoms with van der Waals surface area (Å²) in [6.07, 6.45) is 1.14. The molecule has 68 heavy (non-hydrogen) atoms. The predicted molar refractivity (Wildman–Crippen MR) is 239 cm³/mol. The first kappa shape index (κ1) is 55.8. The fourth-order valence-electron chi connectivity index (χ4n) is 7.07. The number of aliphatic hydroxyl groups is 1. The Morgan fingerprint density at radius 1 is 0.882 bits per heavy atom. The van der Waals surface area contributed by atoms with Crippen molar-refractivity contribution in [3.63, 3.8) is 0 Å². The SMILES string of the molecule is CC(C)C(NC(=O)CCCCCN1C(=O)C=CC1=O)C(=O)N[C@@H](C)C(=O)Nc1cccc(Cn2cc(-c3cc(F)ccc3F)nc2[C@H](N(CCCN)C(=O)CO)C(C)(C)C)c1.O=C(O)C(F)(F)F. The summed E-state index contributed by atoms with van der Waals surface area (Å²) in [5, 5.41) is 25.3. The van der Waals surface area contributed by atoms with Crippen LogP contribution in [0.1, 0.15) is 91.1 Å². The Bertz CT molecular complexity index is 2290. The number of carboxylic acid groups (broad SMARTS) is 1. The minimum atomic E-state index is -5.08. The average Bonchev–Trinajstić information content (AvgIpc) is 3.81. The topological polar surface area (TPSA) is 246 Å². The lowest BCUT2D eigenvalue weighted by Crippen LogP contribution is -2.53. The molecule has 0 aliphatic carbocycles. The standard InChI is InChI=1S/C44H58F2N8O7.C2HF3O2/c1-27(2)39(51-35(56)14-8-7-9-20-53-36(57)17-18-37(53)58)43(61)48-28(3)42(60)49-31-13-10-12-29(22-31)24-52-25-34(32-23-30(45)15-16-33(32)46)50-41(52)40(44(4,5)6)54(21-11-19-47)38(59)26-55;3-2(4,5)1(6)7/h10,12-13,15-18,22-23,25,27-28,39-40,55H,7-9,11,14,19-21,24,26,47H2,1-6H3,(H,48,61)(H,49,60)(H,51,56);(H,6,7)/t28-,39?,40-;/m0./s1. The molecule has 1 aromatic heterocycles. The highest BCUT2D eigenvalue weighted by atomic mass is 19.4. The van der Waals surface area contributed by atoms with Gasteiger partial charge in [0.05, 0.1) is 11.7 Å². The maximum absolute atomic E-state index is 15.1. The number of nitrogens with one attached hydrogen (secondary N) is 3. The van der Waals surface area contributed by atoms with E-state index in [4.69, 9.17) is 20.6 Å². The van der Waals surface area contributed by atoms with E-state index in [-0.39, 0.29) is 67.5 Å². The van der Waals surface area contributed by atoms with Gasteiger partial charge in [0.25, 0.3) is 11.8 Å². The third-order valence-electron chi connectivity index (χ3n) is 10.4. The van der Waals surface area contributed by atoms with Crippen molar-refractivity contribution in [3.8, 4) is 11.3 Å². The molecule has 0 radical (unpaired) electrons. The first-order chi connectivity index (χ1) is 31.8. The number of imidazole rings is 1. The molecule has 0 spiro atoms. The molecule has 0 saturated carbocycles. The zero-order chi connectivity index (χ0) is 51.1. The molecule has 17 nitrogen and oxygen atoms in total. The number of nitrogens with zero attached hydrogens (tertiary/aromatic N) is 4. The molecule has 372 valence electrons. The number of hydrogen-bond donors (Lipinski definition) is 6. The highest BCUT2D eigenvalue weighted by Crippen LogP contribution is 2.39. The van der Waals surface area contributed by atoms with Gasteiger partial charge in [0.2, 0.25) is 23.6 Å². The number of anilines is 1. The van der Waals surface area contributed by atoms with Crippen LogP contribution in [0.5, 0.6) is 0 Å². The monoisotopic (exact) mass is 962 g/mol. The molecule has 0 bridgehead atoms. The molecule has 7 N–H and O–H groups in total. The Hall–Kier alpha value is -6.55. The second-order valence-corrected chi connectivity index (χ2v) is 17.4. The lowest BCUT2D eigenvalue weighted by Gasteiger charge is -2.40. The molecular formula is C46H59F5N8O9. The summed E-state index contributed by atoms with van der Waals surface area (Å²) in [7, 11) is 0. The van der Waals surface area contributed by atoms with Crippen LogP contribution >= 0.6 is 0 Å². The number of alkyl halides is 3. The van der Waals surface area contributed by atoms with Crippen molar-refractivity contribution in [1.29, 1.82) is 0 Å². The summed E-state index contributed by atoms with van der Waals surface area (Å²) in [6, 6.07) is 7.31. The number of hydrogen-bond acceptors (Lipinski definition) is 10. The van der Waals surface area contributed by atoms with Crippen molar-refractivity contribution in [2.24, 2.45) is 17.1 Å². The molecule has 2 heterocycles. The van der Waals surface area contributed by atoms with Gasteiger partial charge in [0.15, 0.2) is 0 Å². The van der Waals surface area contributed by atoms with Gasteiger partial charge in [-0.1, -0.05) is 53.2 Å². The number of imide groups is 1. The lowest BCUT2D eigenvalue weighted by molar-refractivity contribution is -0.192. The molecule has 3 aromatic rings. The maximum Gasteiger partial charge on any atom is 0.490 e. The molecule has 3 atom stereocenters. The normalized spacial score (nSPS) is 13.9. The van der Waals surface area contributed by atoms with Crippen LogP contribution in [0.4, 0.5) is 27.6 Å². The quantitative estimate of drug-likeness (QED) is 0.0479. The predicted octanol–water partition coefficient (Wildman–Crippen LogP) is 4.84. The molecule has 0 fully saturated rings. The lowest BCUT2D eigenvalue weighted by atomic mass is 9.84. The third kappa shape index (κ3) is 16.4. The van der Waals surface area contributed by atoms with Crippen molar-refractivity contribution in [3.05, 3.63) is 83.8 Å². The third-order valence-corrected chi connectivity index (χ3v) is 10.4. The van der Waals surface area contributed by atoms with Crippen molar-refractivity contribution < 1.29 is 65.7 Å². The van der Waals surface area contributed by atoms with Crippen LogP contribution in [-0.4, -0.2) is 115 Å². The van der Waals surface area contributed by atoms with Gasteiger partial charge in [0.1, 0.15) is 36.1 Å². The van der Waals surface area contributed by atoms with Gasteiger partial charge in [-0.3, -0.25) is 33.7 Å². The van der Waals surface area contributed by atoms with Gasteiger partial charge in [-0.25, -0.2) is 18.6 Å². The zero-order valence-corrected chi connectivity index (χ0v) is 38.7. The molecule has 4 rings (SSSR count). The number of rotatable bonds is 21. The van der Waals surface area contributed by atoms with E-state index in [0.717, 1.165) is 23.1 Å². The van der Waals surface area contributed by atoms with E-state index in [1.807, 2.05) is 20.8 Å². The highest BCUT2D eigenvalue weighted by Gasteiger charge is 2.39. The molecule has 1 aliphatic heterocycles. The molecule has 1 aliphatic rings. The van der Waals surface area contributed by atoms with Crippen molar-refractivity contribution in [2.45, 2.75) is 104 Å². The van der Waals surface area contributed by atoms with Crippen LogP contribution in [-0.2, 0) is 40.1 Å². The number of halogens is 5. The number of carbonyl (C=O) groups excluding carboxylic acids is 6. The number of unbranched alkanes of at least 4 members (excludes halogenated alkanes) is 2. The number of carboxylic acids is 1. The average molecular weight is 963 g/mol. The van der Waals surface area contributed by atoms with Crippen LogP contribution in [0.15, 0.2) is 60.8 Å². The molecule has 2 aromatic carbocycles. The molecular weight excluding hydrogens is 904 g/mol. The first-order valence-electron chi connectivity index (χ1n) is 21.7. The molecule has 0 saturated heterocycles. The second-order valence-electron chi connectivity index (χ2n) is 17.4. The van der Waals surface area contributed by atoms with Crippen molar-refractivity contribution in [1.82, 2.24) is 30.0 Å². The first-order valence-corrected chi connectivity index (χ1v) is 21.7. The summed E-state index contributed by atoms with van der Waals surface area (Å²) >= 11 is 0. The van der Waals surface area contributed by atoms with E-state index in [9.17, 15) is 51.4 Å². The summed E-state index contributed by atoms with van der Waals surface area (Å²) < 4.78 is 63.0. The Balaban J connectivity index is 0.00000162. The van der Waals surface area contributed by atoms with Gasteiger partial charge in [-0.2, -0.15) is 13.2 Å². The Morgan fingerprint density at radius 2 is 1.53 bits per heavy atom. The second kappa shape index (κ2) is 25.0. The van der Waals surface area contributed by atoms with E-state index in [2.05, 4.69) is 16.0 Å². The number of nitrogens with two attached hydrogens (primary N) is 1. The molecule has 1 unspecified atom stereocenters.